The van der Waals surface area contributed by atoms with Crippen LogP contribution >= 0.6 is 0 Å². The molecule has 1 aromatic heterocycles. The van der Waals surface area contributed by atoms with E-state index in [0.29, 0.717) is 5.95 Å². The number of methoxy groups -OCH3 is 1. The summed E-state index contributed by atoms with van der Waals surface area (Å²) in [5.41, 5.74) is 3.68. The zero-order chi connectivity index (χ0) is 11.9. The largest absolute Gasteiger partial charge is 0.467 e. The topological polar surface area (TPSA) is 72.3 Å². The van der Waals surface area contributed by atoms with E-state index in [4.69, 9.17) is 4.74 Å². The Bertz CT molecular complexity index is 500. The molecule has 2 aromatic rings. The third kappa shape index (κ3) is 3.23. The van der Waals surface area contributed by atoms with Crippen molar-refractivity contribution in [2.75, 3.05) is 12.5 Å². The highest BCUT2D eigenvalue weighted by Gasteiger charge is 1.97. The first-order valence-electron chi connectivity index (χ1n) is 4.95. The molecule has 0 bridgehead atoms. The van der Waals surface area contributed by atoms with Gasteiger partial charge in [-0.3, -0.25) is 0 Å². The van der Waals surface area contributed by atoms with E-state index in [0.717, 1.165) is 5.56 Å². The standard InChI is InChI=1S/C11H11N5O/c1-17-11-13-8-12-10(15-11)16-14-7-9-5-3-2-4-6-9/h2-8H,1H3,(H,12,13,15,16)/b14-7+. The SMILES string of the molecule is COc1ncnc(N/N=C/c2ccccc2)n1. The number of ether oxygens (including phenoxy) is 1. The molecule has 0 aliphatic carbocycles. The van der Waals surface area contributed by atoms with Crippen LogP contribution < -0.4 is 10.2 Å². The maximum atomic E-state index is 4.87. The number of aromatic nitrogens is 3. The Morgan fingerprint density at radius 2 is 2.06 bits per heavy atom. The first-order valence-corrected chi connectivity index (χ1v) is 4.95. The first kappa shape index (κ1) is 11.0. The summed E-state index contributed by atoms with van der Waals surface area (Å²) in [5.74, 6) is 0.337. The number of hydrazone groups is 1. The molecule has 1 N–H and O–H groups in total. The fraction of sp³-hybridized carbons (Fsp3) is 0.0909. The van der Waals surface area contributed by atoms with Gasteiger partial charge in [0.25, 0.3) is 0 Å². The maximum absolute atomic E-state index is 4.87. The second-order valence-electron chi connectivity index (χ2n) is 3.08. The predicted octanol–water partition coefficient (Wildman–Crippen LogP) is 1.33. The third-order valence-electron chi connectivity index (χ3n) is 1.91. The van der Waals surface area contributed by atoms with Crippen LogP contribution in [0.1, 0.15) is 5.56 Å². The van der Waals surface area contributed by atoms with Crippen molar-refractivity contribution in [2.45, 2.75) is 0 Å². The van der Waals surface area contributed by atoms with Crippen molar-refractivity contribution in [1.29, 1.82) is 0 Å². The quantitative estimate of drug-likeness (QED) is 0.632. The molecule has 0 amide bonds. The van der Waals surface area contributed by atoms with Gasteiger partial charge in [0.05, 0.1) is 13.3 Å². The Labute approximate surface area is 98.4 Å². The highest BCUT2D eigenvalue weighted by Crippen LogP contribution is 2.02. The van der Waals surface area contributed by atoms with Crippen molar-refractivity contribution in [3.05, 3.63) is 42.2 Å². The van der Waals surface area contributed by atoms with Crippen molar-refractivity contribution in [3.63, 3.8) is 0 Å². The van der Waals surface area contributed by atoms with Crippen LogP contribution in [0, 0.1) is 0 Å². The maximum Gasteiger partial charge on any atom is 0.320 e. The summed E-state index contributed by atoms with van der Waals surface area (Å²) in [4.78, 5) is 11.6. The molecule has 0 aliphatic rings. The highest BCUT2D eigenvalue weighted by atomic mass is 16.5. The monoisotopic (exact) mass is 229 g/mol. The van der Waals surface area contributed by atoms with Gasteiger partial charge < -0.3 is 4.74 Å². The number of hydrogen-bond donors (Lipinski definition) is 1. The van der Waals surface area contributed by atoms with Crippen LogP contribution in [0.4, 0.5) is 5.95 Å². The molecule has 6 heteroatoms. The van der Waals surface area contributed by atoms with E-state index in [-0.39, 0.29) is 6.01 Å². The predicted molar refractivity (Wildman–Crippen MR) is 64.0 cm³/mol. The second kappa shape index (κ2) is 5.55. The molecule has 2 rings (SSSR count). The van der Waals surface area contributed by atoms with Gasteiger partial charge in [-0.15, -0.1) is 0 Å². The van der Waals surface area contributed by atoms with Crippen molar-refractivity contribution in [3.8, 4) is 6.01 Å². The number of anilines is 1. The van der Waals surface area contributed by atoms with Crippen LogP contribution in [-0.2, 0) is 0 Å². The van der Waals surface area contributed by atoms with Crippen LogP contribution in [0.2, 0.25) is 0 Å². The molecule has 0 radical (unpaired) electrons. The summed E-state index contributed by atoms with van der Waals surface area (Å²) in [7, 11) is 1.49. The molecule has 6 nitrogen and oxygen atoms in total. The number of benzene rings is 1. The first-order chi connectivity index (χ1) is 8.38. The van der Waals surface area contributed by atoms with Gasteiger partial charge in [0.2, 0.25) is 5.95 Å². The molecule has 1 heterocycles. The van der Waals surface area contributed by atoms with Crippen LogP contribution in [0.5, 0.6) is 6.01 Å². The molecule has 0 unspecified atom stereocenters. The molecule has 0 atom stereocenters. The third-order valence-corrected chi connectivity index (χ3v) is 1.91. The van der Waals surface area contributed by atoms with E-state index >= 15 is 0 Å². The smallest absolute Gasteiger partial charge is 0.320 e. The molecule has 86 valence electrons. The molecule has 0 saturated carbocycles. The molecule has 0 spiro atoms. The van der Waals surface area contributed by atoms with Gasteiger partial charge in [-0.25, -0.2) is 5.43 Å². The van der Waals surface area contributed by atoms with Crippen LogP contribution in [-0.4, -0.2) is 28.3 Å². The lowest BCUT2D eigenvalue weighted by atomic mass is 10.2. The summed E-state index contributed by atoms with van der Waals surface area (Å²) < 4.78 is 4.87. The molecule has 0 saturated heterocycles. The molecular formula is C11H11N5O. The number of rotatable bonds is 4. The normalized spacial score (nSPS) is 10.4. The van der Waals surface area contributed by atoms with Crippen LogP contribution in [0.15, 0.2) is 41.8 Å². The van der Waals surface area contributed by atoms with E-state index in [2.05, 4.69) is 25.5 Å². The number of nitrogens with one attached hydrogen (secondary N) is 1. The van der Waals surface area contributed by atoms with Crippen molar-refractivity contribution < 1.29 is 4.74 Å². The lowest BCUT2D eigenvalue weighted by Crippen LogP contribution is -2.00. The zero-order valence-electron chi connectivity index (χ0n) is 9.24. The van der Waals surface area contributed by atoms with Crippen molar-refractivity contribution in [1.82, 2.24) is 15.0 Å². The van der Waals surface area contributed by atoms with Crippen LogP contribution in [0.25, 0.3) is 0 Å². The Morgan fingerprint density at radius 1 is 1.24 bits per heavy atom. The highest BCUT2D eigenvalue weighted by molar-refractivity contribution is 5.79. The van der Waals surface area contributed by atoms with Crippen LogP contribution in [0.3, 0.4) is 0 Å². The summed E-state index contributed by atoms with van der Waals surface area (Å²) in [6.45, 7) is 0. The average molecular weight is 229 g/mol. The van der Waals surface area contributed by atoms with E-state index in [9.17, 15) is 0 Å². The van der Waals surface area contributed by atoms with Gasteiger partial charge in [-0.1, -0.05) is 30.3 Å². The minimum atomic E-state index is 0.248. The van der Waals surface area contributed by atoms with E-state index in [1.165, 1.54) is 13.4 Å². The molecular weight excluding hydrogens is 218 g/mol. The van der Waals surface area contributed by atoms with Gasteiger partial charge in [-0.2, -0.15) is 20.1 Å². The minimum absolute atomic E-state index is 0.248. The average Bonchev–Trinajstić information content (AvgIpc) is 2.40. The fourth-order valence-electron chi connectivity index (χ4n) is 1.14. The molecule has 0 aliphatic heterocycles. The zero-order valence-corrected chi connectivity index (χ0v) is 9.24. The Morgan fingerprint density at radius 3 is 2.82 bits per heavy atom. The summed E-state index contributed by atoms with van der Waals surface area (Å²) in [6, 6.07) is 9.96. The van der Waals surface area contributed by atoms with Crippen molar-refractivity contribution >= 4 is 12.2 Å². The summed E-state index contributed by atoms with van der Waals surface area (Å²) in [6.07, 6.45) is 3.03. The van der Waals surface area contributed by atoms with Gasteiger partial charge in [0.15, 0.2) is 0 Å². The number of nitrogens with zero attached hydrogens (tertiary/aromatic N) is 4. The fourth-order valence-corrected chi connectivity index (χ4v) is 1.14. The Balaban J connectivity index is 2.00. The van der Waals surface area contributed by atoms with Crippen molar-refractivity contribution in [2.24, 2.45) is 5.10 Å². The molecule has 1 aromatic carbocycles. The second-order valence-corrected chi connectivity index (χ2v) is 3.08. The summed E-state index contributed by atoms with van der Waals surface area (Å²) >= 11 is 0. The lowest BCUT2D eigenvalue weighted by Gasteiger charge is -1.99. The Hall–Kier alpha value is -2.50. The number of hydrogen-bond acceptors (Lipinski definition) is 6. The lowest BCUT2D eigenvalue weighted by molar-refractivity contribution is 0.378. The van der Waals surface area contributed by atoms with E-state index in [1.807, 2.05) is 30.3 Å². The van der Waals surface area contributed by atoms with E-state index in [1.54, 1.807) is 6.21 Å². The van der Waals surface area contributed by atoms with Gasteiger partial charge in [0.1, 0.15) is 6.33 Å². The van der Waals surface area contributed by atoms with Gasteiger partial charge in [-0.05, 0) is 5.56 Å². The van der Waals surface area contributed by atoms with E-state index < -0.39 is 0 Å². The molecule has 0 fully saturated rings. The molecule has 17 heavy (non-hydrogen) atoms. The Kier molecular flexibility index (Phi) is 3.59. The minimum Gasteiger partial charge on any atom is -0.467 e. The van der Waals surface area contributed by atoms with Gasteiger partial charge >= 0.3 is 6.01 Å². The summed E-state index contributed by atoms with van der Waals surface area (Å²) in [5, 5.41) is 4.00. The van der Waals surface area contributed by atoms with Gasteiger partial charge in [0, 0.05) is 0 Å².